The van der Waals surface area contributed by atoms with Gasteiger partial charge in [-0.15, -0.1) is 0 Å². The highest BCUT2D eigenvalue weighted by atomic mass is 15.2. The van der Waals surface area contributed by atoms with Crippen molar-refractivity contribution in [3.05, 3.63) is 54.1 Å². The van der Waals surface area contributed by atoms with Crippen LogP contribution in [0, 0.1) is 6.92 Å². The smallest absolute Gasteiger partial charge is 0.0755 e. The molecule has 2 aromatic rings. The van der Waals surface area contributed by atoms with Crippen molar-refractivity contribution in [3.8, 4) is 0 Å². The zero-order valence-corrected chi connectivity index (χ0v) is 13.4. The van der Waals surface area contributed by atoms with Crippen LogP contribution in [0.4, 0.5) is 5.69 Å². The molecule has 1 aliphatic rings. The Kier molecular flexibility index (Phi) is 4.68. The largest absolute Gasteiger partial charge is 0.382 e. The maximum atomic E-state index is 4.43. The first-order valence-electron chi connectivity index (χ1n) is 8.05. The van der Waals surface area contributed by atoms with Crippen molar-refractivity contribution in [1.82, 2.24) is 14.9 Å². The minimum atomic E-state index is 0.341. The van der Waals surface area contributed by atoms with Gasteiger partial charge in [0.1, 0.15) is 0 Å². The van der Waals surface area contributed by atoms with Gasteiger partial charge in [0.05, 0.1) is 11.7 Å². The fourth-order valence-corrected chi connectivity index (χ4v) is 3.12. The van der Waals surface area contributed by atoms with Gasteiger partial charge in [-0.2, -0.15) is 0 Å². The molecule has 0 radical (unpaired) electrons. The van der Waals surface area contributed by atoms with Crippen LogP contribution in [0.3, 0.4) is 0 Å². The second-order valence-electron chi connectivity index (χ2n) is 6.13. The second kappa shape index (κ2) is 6.88. The van der Waals surface area contributed by atoms with E-state index in [-0.39, 0.29) is 0 Å². The minimum Gasteiger partial charge on any atom is -0.382 e. The highest BCUT2D eigenvalue weighted by Gasteiger charge is 2.24. The van der Waals surface area contributed by atoms with Crippen LogP contribution in [0.25, 0.3) is 0 Å². The van der Waals surface area contributed by atoms with E-state index < -0.39 is 0 Å². The molecule has 3 rings (SSSR count). The minimum absolute atomic E-state index is 0.341. The van der Waals surface area contributed by atoms with Gasteiger partial charge in [-0.05, 0) is 44.4 Å². The normalized spacial score (nSPS) is 18.1. The zero-order valence-electron chi connectivity index (χ0n) is 13.4. The molecule has 1 fully saturated rings. The van der Waals surface area contributed by atoms with Gasteiger partial charge in [-0.1, -0.05) is 12.1 Å². The average molecular weight is 296 g/mol. The number of rotatable bonds is 4. The van der Waals surface area contributed by atoms with E-state index in [9.17, 15) is 0 Å². The first kappa shape index (κ1) is 15.0. The van der Waals surface area contributed by atoms with E-state index in [1.165, 1.54) is 24.1 Å². The van der Waals surface area contributed by atoms with Gasteiger partial charge < -0.3 is 5.32 Å². The molecule has 1 aromatic heterocycles. The number of nitrogens with zero attached hydrogens (tertiary/aromatic N) is 3. The summed E-state index contributed by atoms with van der Waals surface area (Å²) in [5.41, 5.74) is 3.60. The van der Waals surface area contributed by atoms with E-state index in [2.05, 4.69) is 58.3 Å². The maximum Gasteiger partial charge on any atom is 0.0755 e. The summed E-state index contributed by atoms with van der Waals surface area (Å²) in [5, 5.41) is 3.67. The van der Waals surface area contributed by atoms with Crippen LogP contribution in [0.2, 0.25) is 0 Å². The molecule has 22 heavy (non-hydrogen) atoms. The Labute approximate surface area is 132 Å². The molecular weight excluding hydrogens is 272 g/mol. The van der Waals surface area contributed by atoms with E-state index in [1.807, 2.05) is 6.20 Å². The summed E-state index contributed by atoms with van der Waals surface area (Å²) in [7, 11) is 0. The molecule has 0 unspecified atom stereocenters. The molecule has 1 aromatic carbocycles. The predicted octanol–water partition coefficient (Wildman–Crippen LogP) is 3.42. The summed E-state index contributed by atoms with van der Waals surface area (Å²) >= 11 is 0. The lowest BCUT2D eigenvalue weighted by Crippen LogP contribution is -2.40. The molecule has 0 amide bonds. The van der Waals surface area contributed by atoms with Crippen LogP contribution in [-0.4, -0.2) is 34.0 Å². The number of hydrogen-bond acceptors (Lipinski definition) is 4. The summed E-state index contributed by atoms with van der Waals surface area (Å²) in [4.78, 5) is 11.1. The van der Waals surface area contributed by atoms with Crippen molar-refractivity contribution in [2.75, 3.05) is 18.4 Å². The number of aryl methyl sites for hydroxylation is 1. The molecule has 1 atom stereocenters. The third-order valence-electron chi connectivity index (χ3n) is 4.48. The van der Waals surface area contributed by atoms with Crippen molar-refractivity contribution in [1.29, 1.82) is 0 Å². The monoisotopic (exact) mass is 296 g/mol. The number of aromatic nitrogens is 2. The molecule has 1 N–H and O–H groups in total. The molecule has 116 valence electrons. The molecule has 4 nitrogen and oxygen atoms in total. The van der Waals surface area contributed by atoms with Crippen molar-refractivity contribution < 1.29 is 0 Å². The van der Waals surface area contributed by atoms with E-state index in [4.69, 9.17) is 0 Å². The Balaban J connectivity index is 1.54. The van der Waals surface area contributed by atoms with Crippen LogP contribution in [0.5, 0.6) is 0 Å². The molecule has 0 aliphatic carbocycles. The molecule has 0 saturated carbocycles. The first-order valence-corrected chi connectivity index (χ1v) is 8.05. The SMILES string of the molecule is Cc1cccc(NC2CCN([C@@H](C)c3cnccn3)CC2)c1. The van der Waals surface area contributed by atoms with Crippen LogP contribution >= 0.6 is 0 Å². The van der Waals surface area contributed by atoms with Gasteiger partial charge in [0, 0.05) is 43.4 Å². The summed E-state index contributed by atoms with van der Waals surface area (Å²) in [6.45, 7) is 6.55. The quantitative estimate of drug-likeness (QED) is 0.938. The maximum absolute atomic E-state index is 4.43. The molecule has 1 saturated heterocycles. The van der Waals surface area contributed by atoms with Crippen molar-refractivity contribution in [3.63, 3.8) is 0 Å². The zero-order chi connectivity index (χ0) is 15.4. The summed E-state index contributed by atoms with van der Waals surface area (Å²) < 4.78 is 0. The Hall–Kier alpha value is -1.94. The van der Waals surface area contributed by atoms with Gasteiger partial charge in [-0.3, -0.25) is 14.9 Å². The lowest BCUT2D eigenvalue weighted by atomic mass is 10.0. The van der Waals surface area contributed by atoms with Gasteiger partial charge in [0.25, 0.3) is 0 Å². The fourth-order valence-electron chi connectivity index (χ4n) is 3.12. The summed E-state index contributed by atoms with van der Waals surface area (Å²) in [5.74, 6) is 0. The predicted molar refractivity (Wildman–Crippen MR) is 89.8 cm³/mol. The van der Waals surface area contributed by atoms with Gasteiger partial charge in [0.2, 0.25) is 0 Å². The van der Waals surface area contributed by atoms with E-state index in [0.717, 1.165) is 18.8 Å². The van der Waals surface area contributed by atoms with Crippen molar-refractivity contribution in [2.24, 2.45) is 0 Å². The van der Waals surface area contributed by atoms with Crippen LogP contribution in [0.1, 0.15) is 37.1 Å². The molecular formula is C18H24N4. The summed E-state index contributed by atoms with van der Waals surface area (Å²) in [6, 6.07) is 9.52. The van der Waals surface area contributed by atoms with Crippen LogP contribution < -0.4 is 5.32 Å². The average Bonchev–Trinajstić information content (AvgIpc) is 2.56. The first-order chi connectivity index (χ1) is 10.7. The standard InChI is InChI=1S/C18H24N4/c1-14-4-3-5-17(12-14)21-16-6-10-22(11-7-16)15(2)18-13-19-8-9-20-18/h3-5,8-9,12-13,15-16,21H,6-7,10-11H2,1-2H3/t15-/m0/s1. The molecule has 2 heterocycles. The number of piperidine rings is 1. The number of benzene rings is 1. The van der Waals surface area contributed by atoms with Gasteiger partial charge in [0.15, 0.2) is 0 Å². The van der Waals surface area contributed by atoms with E-state index in [1.54, 1.807) is 12.4 Å². The fraction of sp³-hybridized carbons (Fsp3) is 0.444. The third kappa shape index (κ3) is 3.63. The lowest BCUT2D eigenvalue weighted by molar-refractivity contribution is 0.164. The van der Waals surface area contributed by atoms with E-state index in [0.29, 0.717) is 12.1 Å². The van der Waals surface area contributed by atoms with Crippen LogP contribution in [0.15, 0.2) is 42.9 Å². The third-order valence-corrected chi connectivity index (χ3v) is 4.48. The highest BCUT2D eigenvalue weighted by molar-refractivity contribution is 5.46. The molecule has 0 bridgehead atoms. The van der Waals surface area contributed by atoms with Crippen molar-refractivity contribution >= 4 is 5.69 Å². The Morgan fingerprint density at radius 1 is 1.23 bits per heavy atom. The van der Waals surface area contributed by atoms with Gasteiger partial charge in [-0.25, -0.2) is 0 Å². The number of nitrogens with one attached hydrogen (secondary N) is 1. The summed E-state index contributed by atoms with van der Waals surface area (Å²) in [6.07, 6.45) is 7.71. The lowest BCUT2D eigenvalue weighted by Gasteiger charge is -2.36. The Morgan fingerprint density at radius 2 is 2.05 bits per heavy atom. The number of anilines is 1. The topological polar surface area (TPSA) is 41.0 Å². The molecule has 0 spiro atoms. The molecule has 4 heteroatoms. The number of likely N-dealkylation sites (tertiary alicyclic amines) is 1. The number of hydrogen-bond donors (Lipinski definition) is 1. The second-order valence-corrected chi connectivity index (χ2v) is 6.13. The van der Waals surface area contributed by atoms with Crippen molar-refractivity contribution in [2.45, 2.75) is 38.8 Å². The van der Waals surface area contributed by atoms with Gasteiger partial charge >= 0.3 is 0 Å². The Bertz CT molecular complexity index is 591. The van der Waals surface area contributed by atoms with E-state index >= 15 is 0 Å². The highest BCUT2D eigenvalue weighted by Crippen LogP contribution is 2.24. The Morgan fingerprint density at radius 3 is 2.73 bits per heavy atom. The van der Waals surface area contributed by atoms with Crippen LogP contribution in [-0.2, 0) is 0 Å². The molecule has 1 aliphatic heterocycles.